The van der Waals surface area contributed by atoms with Gasteiger partial charge in [-0.1, -0.05) is 28.1 Å². The van der Waals surface area contributed by atoms with Crippen LogP contribution in [-0.2, 0) is 0 Å². The minimum Gasteiger partial charge on any atom is -0.492 e. The SMILES string of the molecule is CCOc1ccccc1NC(=O)N1CCC2(CC1)SCCN2C(=O)c1ccc(Br)cc1. The van der Waals surface area contributed by atoms with Crippen LogP contribution in [-0.4, -0.2) is 58.6 Å². The highest BCUT2D eigenvalue weighted by molar-refractivity contribution is 9.10. The lowest BCUT2D eigenvalue weighted by Gasteiger charge is -2.44. The van der Waals surface area contributed by atoms with Gasteiger partial charge in [0.2, 0.25) is 0 Å². The number of amides is 3. The number of halogens is 1. The first-order chi connectivity index (χ1) is 15.0. The molecule has 6 nitrogen and oxygen atoms in total. The van der Waals surface area contributed by atoms with Gasteiger partial charge in [0, 0.05) is 35.4 Å². The van der Waals surface area contributed by atoms with Gasteiger partial charge in [-0.2, -0.15) is 0 Å². The molecule has 4 rings (SSSR count). The summed E-state index contributed by atoms with van der Waals surface area (Å²) in [5.41, 5.74) is 1.38. The van der Waals surface area contributed by atoms with Crippen LogP contribution in [0, 0.1) is 0 Å². The van der Waals surface area contributed by atoms with E-state index in [1.54, 1.807) is 0 Å². The van der Waals surface area contributed by atoms with Crippen LogP contribution in [0.2, 0.25) is 0 Å². The minimum absolute atomic E-state index is 0.0704. The van der Waals surface area contributed by atoms with Crippen molar-refractivity contribution < 1.29 is 14.3 Å². The third-order valence-electron chi connectivity index (χ3n) is 5.77. The van der Waals surface area contributed by atoms with Crippen molar-refractivity contribution >= 4 is 45.3 Å². The monoisotopic (exact) mass is 503 g/mol. The summed E-state index contributed by atoms with van der Waals surface area (Å²) in [7, 11) is 0. The zero-order valence-corrected chi connectivity index (χ0v) is 19.9. The number of para-hydroxylation sites is 2. The third-order valence-corrected chi connectivity index (χ3v) is 7.86. The van der Waals surface area contributed by atoms with E-state index in [1.165, 1.54) is 0 Å². The summed E-state index contributed by atoms with van der Waals surface area (Å²) in [6.07, 6.45) is 1.53. The summed E-state index contributed by atoms with van der Waals surface area (Å²) in [5.74, 6) is 1.67. The molecular formula is C23H26BrN3O3S. The molecule has 1 spiro atoms. The van der Waals surface area contributed by atoms with E-state index in [4.69, 9.17) is 4.74 Å². The largest absolute Gasteiger partial charge is 0.492 e. The Morgan fingerprint density at radius 3 is 2.52 bits per heavy atom. The highest BCUT2D eigenvalue weighted by Crippen LogP contribution is 2.44. The number of rotatable bonds is 4. The van der Waals surface area contributed by atoms with E-state index in [2.05, 4.69) is 21.2 Å². The lowest BCUT2D eigenvalue weighted by atomic mass is 10.0. The summed E-state index contributed by atoms with van der Waals surface area (Å²) in [6.45, 7) is 4.43. The van der Waals surface area contributed by atoms with Crippen LogP contribution < -0.4 is 10.1 Å². The maximum Gasteiger partial charge on any atom is 0.321 e. The average molecular weight is 504 g/mol. The van der Waals surface area contributed by atoms with Gasteiger partial charge in [0.25, 0.3) is 5.91 Å². The number of nitrogens with one attached hydrogen (secondary N) is 1. The number of urea groups is 1. The molecule has 0 unspecified atom stereocenters. The van der Waals surface area contributed by atoms with Crippen LogP contribution in [0.15, 0.2) is 53.0 Å². The first-order valence-corrected chi connectivity index (χ1v) is 12.3. The van der Waals surface area contributed by atoms with E-state index in [9.17, 15) is 9.59 Å². The number of anilines is 1. The number of hydrogen-bond donors (Lipinski definition) is 1. The molecule has 0 aromatic heterocycles. The van der Waals surface area contributed by atoms with E-state index in [0.29, 0.717) is 36.7 Å². The second-order valence-corrected chi connectivity index (χ2v) is 9.98. The predicted octanol–water partition coefficient (Wildman–Crippen LogP) is 5.06. The van der Waals surface area contributed by atoms with Crippen LogP contribution in [0.4, 0.5) is 10.5 Å². The summed E-state index contributed by atoms with van der Waals surface area (Å²) in [5, 5.41) is 2.98. The molecule has 31 heavy (non-hydrogen) atoms. The number of benzene rings is 2. The lowest BCUT2D eigenvalue weighted by Crippen LogP contribution is -2.54. The first kappa shape index (κ1) is 22.0. The summed E-state index contributed by atoms with van der Waals surface area (Å²) in [4.78, 5) is 29.7. The number of hydrogen-bond acceptors (Lipinski definition) is 4. The fourth-order valence-corrected chi connectivity index (χ4v) is 5.88. The standard InChI is InChI=1S/C23H26BrN3O3S/c1-2-30-20-6-4-3-5-19(20)25-22(29)26-13-11-23(12-14-26)27(15-16-31-23)21(28)17-7-9-18(24)10-8-17/h3-10H,2,11-16H2,1H3,(H,25,29). The number of carbonyl (C=O) groups excluding carboxylic acids is 2. The average Bonchev–Trinajstić information content (AvgIpc) is 3.18. The third kappa shape index (κ3) is 4.70. The Kier molecular flexibility index (Phi) is 6.77. The quantitative estimate of drug-likeness (QED) is 0.633. The normalized spacial score (nSPS) is 17.6. The highest BCUT2D eigenvalue weighted by atomic mass is 79.9. The van der Waals surface area contributed by atoms with Crippen molar-refractivity contribution in [3.05, 3.63) is 58.6 Å². The molecule has 2 fully saturated rings. The Balaban J connectivity index is 1.41. The number of carbonyl (C=O) groups is 2. The number of ether oxygens (including phenoxy) is 1. The Hall–Kier alpha value is -2.19. The van der Waals surface area contributed by atoms with Crippen LogP contribution >= 0.6 is 27.7 Å². The fourth-order valence-electron chi connectivity index (χ4n) is 4.16. The Morgan fingerprint density at radius 1 is 1.10 bits per heavy atom. The van der Waals surface area contributed by atoms with Gasteiger partial charge in [-0.05, 0) is 56.2 Å². The van der Waals surface area contributed by atoms with Crippen LogP contribution in [0.5, 0.6) is 5.75 Å². The molecule has 164 valence electrons. The van der Waals surface area contributed by atoms with Crippen molar-refractivity contribution in [2.75, 3.05) is 37.3 Å². The molecule has 1 N–H and O–H groups in total. The van der Waals surface area contributed by atoms with Crippen molar-refractivity contribution in [3.8, 4) is 5.75 Å². The summed E-state index contributed by atoms with van der Waals surface area (Å²) >= 11 is 5.27. The van der Waals surface area contributed by atoms with Gasteiger partial charge in [0.15, 0.2) is 0 Å². The smallest absolute Gasteiger partial charge is 0.321 e. The van der Waals surface area contributed by atoms with E-state index in [-0.39, 0.29) is 16.8 Å². The number of thioether (sulfide) groups is 1. The second-order valence-electron chi connectivity index (χ2n) is 7.60. The van der Waals surface area contributed by atoms with Gasteiger partial charge in [-0.25, -0.2) is 4.79 Å². The molecule has 2 aliphatic rings. The number of nitrogens with zero attached hydrogens (tertiary/aromatic N) is 2. The lowest BCUT2D eigenvalue weighted by molar-refractivity contribution is 0.0585. The number of likely N-dealkylation sites (tertiary alicyclic amines) is 1. The van der Waals surface area contributed by atoms with Gasteiger partial charge >= 0.3 is 6.03 Å². The van der Waals surface area contributed by atoms with Crippen LogP contribution in [0.3, 0.4) is 0 Å². The maximum absolute atomic E-state index is 13.2. The van der Waals surface area contributed by atoms with Gasteiger partial charge in [-0.15, -0.1) is 11.8 Å². The molecular weight excluding hydrogens is 478 g/mol. The van der Waals surface area contributed by atoms with Gasteiger partial charge in [0.05, 0.1) is 17.2 Å². The molecule has 3 amide bonds. The van der Waals surface area contributed by atoms with Gasteiger partial charge in [-0.3, -0.25) is 4.79 Å². The van der Waals surface area contributed by atoms with E-state index in [1.807, 2.05) is 77.0 Å². The fraction of sp³-hybridized carbons (Fsp3) is 0.391. The molecule has 0 aliphatic carbocycles. The van der Waals surface area contributed by atoms with Gasteiger partial charge < -0.3 is 19.9 Å². The second kappa shape index (κ2) is 9.53. The molecule has 2 aromatic rings. The van der Waals surface area contributed by atoms with Crippen LogP contribution in [0.1, 0.15) is 30.1 Å². The van der Waals surface area contributed by atoms with Crippen molar-refractivity contribution in [2.45, 2.75) is 24.6 Å². The summed E-state index contributed by atoms with van der Waals surface area (Å²) < 4.78 is 6.57. The van der Waals surface area contributed by atoms with Crippen molar-refractivity contribution in [1.82, 2.24) is 9.80 Å². The van der Waals surface area contributed by atoms with Crippen molar-refractivity contribution in [1.29, 1.82) is 0 Å². The van der Waals surface area contributed by atoms with Gasteiger partial charge in [0.1, 0.15) is 5.75 Å². The summed E-state index contributed by atoms with van der Waals surface area (Å²) in [6, 6.07) is 14.9. The van der Waals surface area contributed by atoms with E-state index in [0.717, 1.165) is 29.6 Å². The topological polar surface area (TPSA) is 61.9 Å². The Bertz CT molecular complexity index is 945. The first-order valence-electron chi connectivity index (χ1n) is 10.5. The molecule has 2 aromatic carbocycles. The van der Waals surface area contributed by atoms with E-state index < -0.39 is 0 Å². The molecule has 2 aliphatic heterocycles. The van der Waals surface area contributed by atoms with E-state index >= 15 is 0 Å². The molecule has 2 saturated heterocycles. The van der Waals surface area contributed by atoms with Crippen molar-refractivity contribution in [3.63, 3.8) is 0 Å². The zero-order valence-electron chi connectivity index (χ0n) is 17.5. The number of piperidine rings is 1. The molecule has 8 heteroatoms. The van der Waals surface area contributed by atoms with Crippen molar-refractivity contribution in [2.24, 2.45) is 0 Å². The molecule has 0 saturated carbocycles. The zero-order chi connectivity index (χ0) is 21.8. The Labute approximate surface area is 195 Å². The predicted molar refractivity (Wildman–Crippen MR) is 128 cm³/mol. The molecule has 0 bridgehead atoms. The molecule has 0 atom stereocenters. The molecule has 0 radical (unpaired) electrons. The maximum atomic E-state index is 13.2. The van der Waals surface area contributed by atoms with Crippen LogP contribution in [0.25, 0.3) is 0 Å². The minimum atomic E-state index is -0.232. The molecule has 2 heterocycles. The highest BCUT2D eigenvalue weighted by Gasteiger charge is 2.47. The Morgan fingerprint density at radius 2 is 1.81 bits per heavy atom.